The van der Waals surface area contributed by atoms with Crippen molar-refractivity contribution in [2.75, 3.05) is 18.1 Å². The van der Waals surface area contributed by atoms with E-state index in [0.717, 1.165) is 29.0 Å². The summed E-state index contributed by atoms with van der Waals surface area (Å²) in [5.41, 5.74) is 9.27. The molecule has 0 aliphatic carbocycles. The molecule has 1 aliphatic heterocycles. The molecular formula is C19H22N2O2. The van der Waals surface area contributed by atoms with E-state index in [4.69, 9.17) is 10.5 Å². The lowest BCUT2D eigenvalue weighted by atomic mass is 9.99. The van der Waals surface area contributed by atoms with Gasteiger partial charge in [0, 0.05) is 19.0 Å². The van der Waals surface area contributed by atoms with Crippen LogP contribution in [0, 0.1) is 6.92 Å². The zero-order valence-electron chi connectivity index (χ0n) is 13.4. The van der Waals surface area contributed by atoms with Crippen LogP contribution in [0.25, 0.3) is 0 Å². The van der Waals surface area contributed by atoms with Gasteiger partial charge in [-0.15, -0.1) is 0 Å². The van der Waals surface area contributed by atoms with Gasteiger partial charge in [-0.05, 0) is 36.6 Å². The van der Waals surface area contributed by atoms with Crippen molar-refractivity contribution < 1.29 is 9.53 Å². The van der Waals surface area contributed by atoms with E-state index < -0.39 is 0 Å². The van der Waals surface area contributed by atoms with E-state index >= 15 is 0 Å². The van der Waals surface area contributed by atoms with E-state index in [1.165, 1.54) is 0 Å². The minimum atomic E-state index is -0.292. The monoisotopic (exact) mass is 310 g/mol. The minimum Gasteiger partial charge on any atom is -0.491 e. The molecule has 1 unspecified atom stereocenters. The number of nitrogens with zero attached hydrogens (tertiary/aromatic N) is 1. The van der Waals surface area contributed by atoms with Crippen molar-refractivity contribution >= 4 is 11.6 Å². The molecule has 1 heterocycles. The Labute approximate surface area is 136 Å². The van der Waals surface area contributed by atoms with Gasteiger partial charge in [0.05, 0.1) is 12.3 Å². The Kier molecular flexibility index (Phi) is 4.63. The molecule has 0 saturated heterocycles. The Bertz CT molecular complexity index is 699. The summed E-state index contributed by atoms with van der Waals surface area (Å²) in [6.45, 7) is 3.32. The largest absolute Gasteiger partial charge is 0.491 e. The van der Waals surface area contributed by atoms with Crippen LogP contribution in [0.5, 0.6) is 5.75 Å². The van der Waals surface area contributed by atoms with Gasteiger partial charge in [-0.2, -0.15) is 0 Å². The highest BCUT2D eigenvalue weighted by atomic mass is 16.5. The highest BCUT2D eigenvalue weighted by Crippen LogP contribution is 2.31. The van der Waals surface area contributed by atoms with Gasteiger partial charge in [0.1, 0.15) is 5.75 Å². The predicted octanol–water partition coefficient (Wildman–Crippen LogP) is 3.20. The molecular weight excluding hydrogens is 288 g/mol. The lowest BCUT2D eigenvalue weighted by Crippen LogP contribution is -2.34. The highest BCUT2D eigenvalue weighted by Gasteiger charge is 2.24. The number of para-hydroxylation sites is 2. The molecule has 0 bridgehead atoms. The van der Waals surface area contributed by atoms with Crippen molar-refractivity contribution in [3.05, 3.63) is 59.7 Å². The first-order valence-corrected chi connectivity index (χ1v) is 8.00. The SMILES string of the molecule is Cc1ccccc1C(N)CC(=O)N1CCCOc2ccccc21. The number of ether oxygens (including phenoxy) is 1. The van der Waals surface area contributed by atoms with E-state index in [1.54, 1.807) is 4.90 Å². The maximum absolute atomic E-state index is 12.8. The van der Waals surface area contributed by atoms with Crippen LogP contribution in [-0.4, -0.2) is 19.1 Å². The Morgan fingerprint density at radius 1 is 1.22 bits per heavy atom. The predicted molar refractivity (Wildman–Crippen MR) is 91.6 cm³/mol. The van der Waals surface area contributed by atoms with Crippen LogP contribution in [0.1, 0.15) is 30.0 Å². The molecule has 1 amide bonds. The Morgan fingerprint density at radius 2 is 1.96 bits per heavy atom. The van der Waals surface area contributed by atoms with Gasteiger partial charge >= 0.3 is 0 Å². The van der Waals surface area contributed by atoms with Crippen molar-refractivity contribution in [1.82, 2.24) is 0 Å². The zero-order valence-corrected chi connectivity index (χ0v) is 13.4. The molecule has 0 fully saturated rings. The fraction of sp³-hybridized carbons (Fsp3) is 0.316. The molecule has 4 nitrogen and oxygen atoms in total. The van der Waals surface area contributed by atoms with Crippen molar-refractivity contribution in [2.45, 2.75) is 25.8 Å². The Morgan fingerprint density at radius 3 is 2.78 bits per heavy atom. The third kappa shape index (κ3) is 3.37. The standard InChI is InChI=1S/C19H22N2O2/c1-14-7-2-3-8-15(14)16(20)13-19(22)21-11-6-12-23-18-10-5-4-9-17(18)21/h2-5,7-10,16H,6,11-13,20H2,1H3. The van der Waals surface area contributed by atoms with E-state index in [2.05, 4.69) is 0 Å². The fourth-order valence-corrected chi connectivity index (χ4v) is 3.00. The second-order valence-electron chi connectivity index (χ2n) is 5.88. The lowest BCUT2D eigenvalue weighted by molar-refractivity contribution is -0.119. The van der Waals surface area contributed by atoms with Crippen LogP contribution in [0.2, 0.25) is 0 Å². The molecule has 2 aromatic carbocycles. The first-order valence-electron chi connectivity index (χ1n) is 8.00. The third-order valence-corrected chi connectivity index (χ3v) is 4.22. The lowest BCUT2D eigenvalue weighted by Gasteiger charge is -2.24. The quantitative estimate of drug-likeness (QED) is 0.947. The minimum absolute atomic E-state index is 0.0405. The summed E-state index contributed by atoms with van der Waals surface area (Å²) in [5, 5.41) is 0. The first kappa shape index (κ1) is 15.6. The number of fused-ring (bicyclic) bond motifs is 1. The first-order chi connectivity index (χ1) is 11.2. The van der Waals surface area contributed by atoms with Crippen LogP contribution < -0.4 is 15.4 Å². The van der Waals surface area contributed by atoms with E-state index in [9.17, 15) is 4.79 Å². The molecule has 0 aromatic heterocycles. The number of hydrogen-bond donors (Lipinski definition) is 1. The summed E-state index contributed by atoms with van der Waals surface area (Å²) in [7, 11) is 0. The number of amides is 1. The average molecular weight is 310 g/mol. The fourth-order valence-electron chi connectivity index (χ4n) is 3.00. The van der Waals surface area contributed by atoms with E-state index in [1.807, 2.05) is 55.5 Å². The second-order valence-corrected chi connectivity index (χ2v) is 5.88. The highest BCUT2D eigenvalue weighted by molar-refractivity contribution is 5.95. The zero-order chi connectivity index (χ0) is 16.2. The smallest absolute Gasteiger partial charge is 0.229 e. The van der Waals surface area contributed by atoms with Gasteiger partial charge in [0.25, 0.3) is 0 Å². The van der Waals surface area contributed by atoms with Gasteiger partial charge in [-0.3, -0.25) is 4.79 Å². The molecule has 2 aromatic rings. The molecule has 120 valence electrons. The number of carbonyl (C=O) groups excluding carboxylic acids is 1. The molecule has 4 heteroatoms. The summed E-state index contributed by atoms with van der Waals surface area (Å²) in [6.07, 6.45) is 1.11. The summed E-state index contributed by atoms with van der Waals surface area (Å²) in [6, 6.07) is 15.3. The third-order valence-electron chi connectivity index (χ3n) is 4.22. The van der Waals surface area contributed by atoms with Crippen molar-refractivity contribution in [2.24, 2.45) is 5.73 Å². The van der Waals surface area contributed by atoms with Crippen molar-refractivity contribution in [3.8, 4) is 5.75 Å². The summed E-state index contributed by atoms with van der Waals surface area (Å²) < 4.78 is 5.71. The second kappa shape index (κ2) is 6.84. The van der Waals surface area contributed by atoms with Crippen molar-refractivity contribution in [3.63, 3.8) is 0 Å². The Hall–Kier alpha value is -2.33. The molecule has 1 aliphatic rings. The molecule has 23 heavy (non-hydrogen) atoms. The van der Waals surface area contributed by atoms with Gasteiger partial charge in [0.15, 0.2) is 0 Å². The molecule has 3 rings (SSSR count). The van der Waals surface area contributed by atoms with Gasteiger partial charge < -0.3 is 15.4 Å². The van der Waals surface area contributed by atoms with E-state index in [-0.39, 0.29) is 11.9 Å². The number of carbonyl (C=O) groups is 1. The number of anilines is 1. The van der Waals surface area contributed by atoms with Crippen LogP contribution in [0.3, 0.4) is 0 Å². The summed E-state index contributed by atoms with van der Waals surface area (Å²) in [5.74, 6) is 0.807. The van der Waals surface area contributed by atoms with Crippen LogP contribution in [0.15, 0.2) is 48.5 Å². The molecule has 0 spiro atoms. The van der Waals surface area contributed by atoms with Gasteiger partial charge in [0.2, 0.25) is 5.91 Å². The molecule has 2 N–H and O–H groups in total. The number of hydrogen-bond acceptors (Lipinski definition) is 3. The summed E-state index contributed by atoms with van der Waals surface area (Å²) >= 11 is 0. The van der Waals surface area contributed by atoms with E-state index in [0.29, 0.717) is 19.6 Å². The normalized spacial score (nSPS) is 15.3. The molecule has 0 saturated carbocycles. The van der Waals surface area contributed by atoms with Crippen LogP contribution in [0.4, 0.5) is 5.69 Å². The van der Waals surface area contributed by atoms with Crippen molar-refractivity contribution in [1.29, 1.82) is 0 Å². The molecule has 0 radical (unpaired) electrons. The van der Waals surface area contributed by atoms with Crippen LogP contribution >= 0.6 is 0 Å². The summed E-state index contributed by atoms with van der Waals surface area (Å²) in [4.78, 5) is 14.6. The Balaban J connectivity index is 1.79. The number of rotatable bonds is 3. The average Bonchev–Trinajstić information content (AvgIpc) is 2.77. The number of aryl methyl sites for hydroxylation is 1. The number of benzene rings is 2. The maximum atomic E-state index is 12.8. The molecule has 1 atom stereocenters. The van der Waals surface area contributed by atoms with Gasteiger partial charge in [-0.25, -0.2) is 0 Å². The topological polar surface area (TPSA) is 55.6 Å². The number of nitrogens with two attached hydrogens (primary N) is 1. The van der Waals surface area contributed by atoms with Crippen LogP contribution in [-0.2, 0) is 4.79 Å². The maximum Gasteiger partial charge on any atom is 0.229 e. The van der Waals surface area contributed by atoms with Gasteiger partial charge in [-0.1, -0.05) is 36.4 Å².